The maximum absolute atomic E-state index is 13.5. The molecule has 0 unspecified atom stereocenters. The van der Waals surface area contributed by atoms with Crippen molar-refractivity contribution in [2.75, 3.05) is 27.3 Å². The minimum absolute atomic E-state index is 0.00286. The van der Waals surface area contributed by atoms with E-state index in [4.69, 9.17) is 28.8 Å². The molecule has 0 aromatic heterocycles. The number of likely N-dealkylation sites (tertiary alicyclic amines) is 2. The van der Waals surface area contributed by atoms with Crippen molar-refractivity contribution in [3.05, 3.63) is 35.9 Å². The first-order chi connectivity index (χ1) is 29.1. The quantitative estimate of drug-likeness (QED) is 0.173. The van der Waals surface area contributed by atoms with Gasteiger partial charge in [0.1, 0.15) is 42.0 Å². The van der Waals surface area contributed by atoms with E-state index in [0.29, 0.717) is 13.1 Å². The van der Waals surface area contributed by atoms with E-state index in [1.165, 1.54) is 24.0 Å². The fraction of sp³-hybridized carbons (Fsp3) is 0.689. The summed E-state index contributed by atoms with van der Waals surface area (Å²) in [6.07, 6.45) is -2.07. The van der Waals surface area contributed by atoms with Crippen molar-refractivity contribution in [3.8, 4) is 0 Å². The number of carbonyl (C=O) groups is 8. The van der Waals surface area contributed by atoms with Gasteiger partial charge in [-0.25, -0.2) is 19.2 Å². The van der Waals surface area contributed by atoms with Gasteiger partial charge in [-0.3, -0.25) is 19.2 Å². The van der Waals surface area contributed by atoms with Crippen molar-refractivity contribution in [1.82, 2.24) is 20.4 Å². The average Bonchev–Trinajstić information content (AvgIpc) is 3.65. The normalized spacial score (nSPS) is 24.4. The number of methoxy groups -OCH3 is 2. The topological polar surface area (TPSA) is 233 Å². The molecule has 0 spiro atoms. The van der Waals surface area contributed by atoms with Gasteiger partial charge >= 0.3 is 36.1 Å². The third kappa shape index (κ3) is 12.6. The highest BCUT2D eigenvalue weighted by atomic mass is 16.6. The highest BCUT2D eigenvalue weighted by Crippen LogP contribution is 2.66. The predicted octanol–water partition coefficient (Wildman–Crippen LogP) is 4.46. The molecule has 1 aromatic carbocycles. The van der Waals surface area contributed by atoms with Crippen molar-refractivity contribution < 1.29 is 67.1 Å². The van der Waals surface area contributed by atoms with Gasteiger partial charge in [0.15, 0.2) is 0 Å². The summed E-state index contributed by atoms with van der Waals surface area (Å²) in [5.74, 6) is -3.16. The SMILES string of the molecule is COC(=O)[C@@H]1[C@@H]2[C@H](CN1C(=O)[C@H](CCC(=O)O)NC(=O)OC(C)(C)C)C2(C)C.COC(=O)[C@@H]1[C@@H]2[C@H](CN1C(=O)[C@H](CCC(=O)OCc1ccccc1)NC(=O)OC(C)(C)C)C2(C)C. The van der Waals surface area contributed by atoms with Crippen LogP contribution in [-0.2, 0) is 59.1 Å². The van der Waals surface area contributed by atoms with Crippen molar-refractivity contribution in [1.29, 1.82) is 0 Å². The first kappa shape index (κ1) is 50.2. The van der Waals surface area contributed by atoms with Gasteiger partial charge in [-0.15, -0.1) is 0 Å². The average molecular weight is 887 g/mol. The molecule has 2 heterocycles. The smallest absolute Gasteiger partial charge is 0.408 e. The molecular formula is C45H66N4O14. The van der Waals surface area contributed by atoms with E-state index in [1.807, 2.05) is 44.2 Å². The Hall–Kier alpha value is -5.42. The molecule has 3 N–H and O–H groups in total. The molecule has 4 fully saturated rings. The molecule has 18 heteroatoms. The van der Waals surface area contributed by atoms with Gasteiger partial charge < -0.3 is 49.2 Å². The number of carboxylic acids is 1. The van der Waals surface area contributed by atoms with E-state index >= 15 is 0 Å². The van der Waals surface area contributed by atoms with Gasteiger partial charge in [0, 0.05) is 37.8 Å². The molecule has 1 aromatic rings. The van der Waals surface area contributed by atoms with Crippen molar-refractivity contribution in [3.63, 3.8) is 0 Å². The van der Waals surface area contributed by atoms with Crippen LogP contribution in [0.15, 0.2) is 30.3 Å². The predicted molar refractivity (Wildman–Crippen MR) is 225 cm³/mol. The third-order valence-electron chi connectivity index (χ3n) is 12.4. The molecule has 4 aliphatic rings. The van der Waals surface area contributed by atoms with Gasteiger partial charge in [-0.05, 0) is 82.6 Å². The van der Waals surface area contributed by atoms with Crippen LogP contribution < -0.4 is 10.6 Å². The van der Waals surface area contributed by atoms with Crippen LogP contribution in [0.2, 0.25) is 0 Å². The minimum atomic E-state index is -1.10. The molecule has 2 aliphatic heterocycles. The van der Waals surface area contributed by atoms with E-state index < -0.39 is 83.2 Å². The summed E-state index contributed by atoms with van der Waals surface area (Å²) in [5, 5.41) is 14.0. The number of carbonyl (C=O) groups excluding carboxylic acids is 7. The number of piperidine rings is 2. The van der Waals surface area contributed by atoms with E-state index in [2.05, 4.69) is 24.5 Å². The van der Waals surface area contributed by atoms with Crippen LogP contribution in [0.4, 0.5) is 9.59 Å². The van der Waals surface area contributed by atoms with Gasteiger partial charge in [0.25, 0.3) is 0 Å². The van der Waals surface area contributed by atoms with Gasteiger partial charge in [-0.2, -0.15) is 0 Å². The Morgan fingerprint density at radius 2 is 1.08 bits per heavy atom. The third-order valence-corrected chi connectivity index (χ3v) is 12.4. The number of ether oxygens (including phenoxy) is 5. The second-order valence-corrected chi connectivity index (χ2v) is 19.8. The van der Waals surface area contributed by atoms with Gasteiger partial charge in [-0.1, -0.05) is 58.0 Å². The first-order valence-corrected chi connectivity index (χ1v) is 21.3. The molecule has 0 radical (unpaired) electrons. The number of rotatable bonds is 14. The van der Waals surface area contributed by atoms with E-state index in [-0.39, 0.29) is 66.8 Å². The number of hydrogen-bond acceptors (Lipinski definition) is 13. The number of nitrogens with zero attached hydrogens (tertiary/aromatic N) is 2. The number of nitrogens with one attached hydrogen (secondary N) is 2. The lowest BCUT2D eigenvalue weighted by molar-refractivity contribution is -0.154. The Morgan fingerprint density at radius 1 is 0.683 bits per heavy atom. The lowest BCUT2D eigenvalue weighted by atomic mass is 9.99. The lowest BCUT2D eigenvalue weighted by Gasteiger charge is -2.32. The molecule has 2 aliphatic carbocycles. The molecule has 8 atom stereocenters. The molecule has 350 valence electrons. The molecule has 2 saturated heterocycles. The largest absolute Gasteiger partial charge is 0.481 e. The summed E-state index contributed by atoms with van der Waals surface area (Å²) in [6.45, 7) is 19.3. The number of benzene rings is 1. The van der Waals surface area contributed by atoms with E-state index in [1.54, 1.807) is 41.5 Å². The van der Waals surface area contributed by atoms with Crippen LogP contribution in [0, 0.1) is 34.5 Å². The Balaban J connectivity index is 0.000000284. The van der Waals surface area contributed by atoms with Crippen molar-refractivity contribution >= 4 is 47.9 Å². The Kier molecular flexibility index (Phi) is 15.6. The first-order valence-electron chi connectivity index (χ1n) is 21.3. The zero-order valence-corrected chi connectivity index (χ0v) is 38.6. The summed E-state index contributed by atoms with van der Waals surface area (Å²) in [7, 11) is 2.57. The summed E-state index contributed by atoms with van der Waals surface area (Å²) in [5.41, 5.74) is -0.811. The monoisotopic (exact) mass is 886 g/mol. The standard InChI is InChI=1S/C26H36N2O7.C19H30N2O7/c1-25(2,3)35-24(32)27-18(12-13-19(29)34-15-16-10-8-7-9-11-16)22(30)28-14-17-20(26(17,4)5)21(28)23(31)33-6;1-18(2,3)28-17(26)20-11(7-8-12(22)23)15(24)21-9-10-13(19(10,4)5)14(21)16(25)27-6/h7-11,17-18,20-21H,12-15H2,1-6H3,(H,27,32);10-11,13-14H,7-9H2,1-6H3,(H,20,26)(H,22,23)/t17-,18-,20-,21-;10-,11-,13-,14-/m00/s1. The summed E-state index contributed by atoms with van der Waals surface area (Å²) >= 11 is 0. The van der Waals surface area contributed by atoms with E-state index in [9.17, 15) is 38.4 Å². The highest BCUT2D eigenvalue weighted by molar-refractivity contribution is 5.92. The number of hydrogen-bond donors (Lipinski definition) is 3. The maximum atomic E-state index is 13.5. The second kappa shape index (κ2) is 19.5. The molecule has 2 saturated carbocycles. The number of esters is 3. The molecular weight excluding hydrogens is 821 g/mol. The number of amides is 4. The number of carboxylic acid groups (broad SMARTS) is 1. The zero-order valence-electron chi connectivity index (χ0n) is 38.6. The molecule has 0 bridgehead atoms. The van der Waals surface area contributed by atoms with Crippen molar-refractivity contribution in [2.45, 2.75) is 137 Å². The molecule has 5 rings (SSSR count). The summed E-state index contributed by atoms with van der Waals surface area (Å²) < 4.78 is 25.7. The van der Waals surface area contributed by atoms with Crippen LogP contribution in [0.3, 0.4) is 0 Å². The van der Waals surface area contributed by atoms with Crippen molar-refractivity contribution in [2.24, 2.45) is 34.5 Å². The Bertz CT molecular complexity index is 1890. The van der Waals surface area contributed by atoms with Crippen LogP contribution >= 0.6 is 0 Å². The fourth-order valence-corrected chi connectivity index (χ4v) is 8.96. The lowest BCUT2D eigenvalue weighted by Crippen LogP contribution is -2.54. The van der Waals surface area contributed by atoms with Gasteiger partial charge in [0.2, 0.25) is 11.8 Å². The Labute approximate surface area is 369 Å². The van der Waals surface area contributed by atoms with Crippen LogP contribution in [0.5, 0.6) is 0 Å². The summed E-state index contributed by atoms with van der Waals surface area (Å²) in [4.78, 5) is 102. The molecule has 18 nitrogen and oxygen atoms in total. The number of fused-ring (bicyclic) bond motifs is 2. The minimum Gasteiger partial charge on any atom is -0.481 e. The second-order valence-electron chi connectivity index (χ2n) is 19.8. The maximum Gasteiger partial charge on any atom is 0.408 e. The fourth-order valence-electron chi connectivity index (χ4n) is 8.96. The Morgan fingerprint density at radius 3 is 1.44 bits per heavy atom. The van der Waals surface area contributed by atoms with Crippen LogP contribution in [0.1, 0.15) is 100 Å². The van der Waals surface area contributed by atoms with Crippen LogP contribution in [0.25, 0.3) is 0 Å². The van der Waals surface area contributed by atoms with Crippen LogP contribution in [-0.4, -0.2) is 125 Å². The number of alkyl carbamates (subject to hydrolysis) is 2. The molecule has 63 heavy (non-hydrogen) atoms. The van der Waals surface area contributed by atoms with E-state index in [0.717, 1.165) is 5.56 Å². The highest BCUT2D eigenvalue weighted by Gasteiger charge is 2.71. The zero-order chi connectivity index (χ0) is 47.4. The van der Waals surface area contributed by atoms with Gasteiger partial charge in [0.05, 0.1) is 14.2 Å². The summed E-state index contributed by atoms with van der Waals surface area (Å²) in [6, 6.07) is 5.65. The molecule has 4 amide bonds. The number of aliphatic carboxylic acids is 1.